The third-order valence-electron chi connectivity index (χ3n) is 2.42. The maximum atomic E-state index is 9.12. The smallest absolute Gasteiger partial charge is 0.102 e. The minimum absolute atomic E-state index is 0.579. The molecule has 0 amide bonds. The summed E-state index contributed by atoms with van der Waals surface area (Å²) in [6.07, 6.45) is 1.69. The Balaban J connectivity index is 2.71. The molecule has 0 aliphatic rings. The zero-order valence-electron chi connectivity index (χ0n) is 8.74. The fourth-order valence-electron chi connectivity index (χ4n) is 1.61. The summed E-state index contributed by atoms with van der Waals surface area (Å²) in [6.45, 7) is 1.82. The summed E-state index contributed by atoms with van der Waals surface area (Å²) in [5, 5.41) is 9.76. The lowest BCUT2D eigenvalue weighted by Crippen LogP contribution is -1.92. The molecule has 0 radical (unpaired) electrons. The van der Waals surface area contributed by atoms with Crippen LogP contribution < -0.4 is 0 Å². The Morgan fingerprint density at radius 1 is 1.19 bits per heavy atom. The second-order valence-electron chi connectivity index (χ2n) is 3.41. The summed E-state index contributed by atoms with van der Waals surface area (Å²) in [4.78, 5) is 4.10. The van der Waals surface area contributed by atoms with Crippen molar-refractivity contribution in [1.29, 1.82) is 5.26 Å². The second kappa shape index (κ2) is 4.34. The number of aromatic nitrogens is 1. The molecular weight excluding hydrogens is 220 g/mol. The van der Waals surface area contributed by atoms with Gasteiger partial charge < -0.3 is 0 Å². The molecule has 16 heavy (non-hydrogen) atoms. The molecule has 1 aromatic heterocycles. The van der Waals surface area contributed by atoms with E-state index in [-0.39, 0.29) is 0 Å². The zero-order chi connectivity index (χ0) is 11.5. The van der Waals surface area contributed by atoms with Gasteiger partial charge in [0.1, 0.15) is 6.07 Å². The molecule has 78 valence electrons. The lowest BCUT2D eigenvalue weighted by molar-refractivity contribution is 1.18. The summed E-state index contributed by atoms with van der Waals surface area (Å²) in [5.41, 5.74) is 3.00. The summed E-state index contributed by atoms with van der Waals surface area (Å²) in [7, 11) is 0. The predicted octanol–water partition coefficient (Wildman–Crippen LogP) is 3.58. The highest BCUT2D eigenvalue weighted by atomic mass is 35.5. The van der Waals surface area contributed by atoms with Crippen molar-refractivity contribution in [2.24, 2.45) is 0 Å². The van der Waals surface area contributed by atoms with E-state index in [1.165, 1.54) is 0 Å². The maximum absolute atomic E-state index is 9.12. The van der Waals surface area contributed by atoms with Crippen molar-refractivity contribution < 1.29 is 0 Å². The number of aryl methyl sites for hydroxylation is 1. The topological polar surface area (TPSA) is 36.7 Å². The molecule has 0 saturated heterocycles. The van der Waals surface area contributed by atoms with Crippen LogP contribution >= 0.6 is 11.6 Å². The van der Waals surface area contributed by atoms with Gasteiger partial charge in [-0.05, 0) is 19.1 Å². The van der Waals surface area contributed by atoms with E-state index >= 15 is 0 Å². The fraction of sp³-hybridized carbons (Fsp3) is 0.0769. The van der Waals surface area contributed by atoms with E-state index in [0.717, 1.165) is 16.8 Å². The number of hydrogen-bond donors (Lipinski definition) is 0. The molecule has 0 N–H and O–H groups in total. The number of nitriles is 1. The molecule has 2 aromatic rings. The molecular formula is C13H9ClN2. The SMILES string of the molecule is Cc1nccc(-c2ccccc2Cl)c1C#N. The van der Waals surface area contributed by atoms with Gasteiger partial charge in [-0.15, -0.1) is 0 Å². The molecule has 0 spiro atoms. The number of halogens is 1. The van der Waals surface area contributed by atoms with Gasteiger partial charge in [-0.1, -0.05) is 29.8 Å². The van der Waals surface area contributed by atoms with Crippen LogP contribution in [-0.2, 0) is 0 Å². The molecule has 0 unspecified atom stereocenters. The Hall–Kier alpha value is -1.85. The molecule has 0 aliphatic carbocycles. The van der Waals surface area contributed by atoms with Crippen LogP contribution in [0.4, 0.5) is 0 Å². The van der Waals surface area contributed by atoms with Gasteiger partial charge in [0.15, 0.2) is 0 Å². The van der Waals surface area contributed by atoms with Crippen LogP contribution in [0.15, 0.2) is 36.5 Å². The molecule has 1 aromatic carbocycles. The van der Waals surface area contributed by atoms with Crippen molar-refractivity contribution in [3.05, 3.63) is 52.8 Å². The Morgan fingerprint density at radius 2 is 1.94 bits per heavy atom. The highest BCUT2D eigenvalue weighted by Gasteiger charge is 2.10. The largest absolute Gasteiger partial charge is 0.260 e. The molecule has 0 atom stereocenters. The summed E-state index contributed by atoms with van der Waals surface area (Å²) < 4.78 is 0. The zero-order valence-corrected chi connectivity index (χ0v) is 9.49. The van der Waals surface area contributed by atoms with Crippen LogP contribution in [0.1, 0.15) is 11.3 Å². The number of pyridine rings is 1. The fourth-order valence-corrected chi connectivity index (χ4v) is 1.85. The molecule has 0 aliphatic heterocycles. The number of rotatable bonds is 1. The monoisotopic (exact) mass is 228 g/mol. The Morgan fingerprint density at radius 3 is 2.62 bits per heavy atom. The van der Waals surface area contributed by atoms with E-state index in [1.54, 1.807) is 6.20 Å². The summed E-state index contributed by atoms with van der Waals surface area (Å²) in [5.74, 6) is 0. The van der Waals surface area contributed by atoms with Gasteiger partial charge in [0, 0.05) is 22.3 Å². The first-order valence-electron chi connectivity index (χ1n) is 4.84. The first-order valence-corrected chi connectivity index (χ1v) is 5.22. The van der Waals surface area contributed by atoms with Crippen LogP contribution in [0.5, 0.6) is 0 Å². The van der Waals surface area contributed by atoms with Crippen molar-refractivity contribution in [2.45, 2.75) is 6.92 Å². The molecule has 2 rings (SSSR count). The van der Waals surface area contributed by atoms with Crippen LogP contribution in [0, 0.1) is 18.3 Å². The van der Waals surface area contributed by atoms with Gasteiger partial charge in [-0.2, -0.15) is 5.26 Å². The molecule has 0 bridgehead atoms. The maximum Gasteiger partial charge on any atom is 0.102 e. The first kappa shape index (κ1) is 10.7. The summed E-state index contributed by atoms with van der Waals surface area (Å²) in [6, 6.07) is 11.5. The predicted molar refractivity (Wildman–Crippen MR) is 64.1 cm³/mol. The van der Waals surface area contributed by atoms with Gasteiger partial charge in [-0.3, -0.25) is 4.98 Å². The highest BCUT2D eigenvalue weighted by molar-refractivity contribution is 6.33. The molecule has 1 heterocycles. The normalized spacial score (nSPS) is 9.81. The van der Waals surface area contributed by atoms with E-state index in [1.807, 2.05) is 37.3 Å². The molecule has 0 saturated carbocycles. The van der Waals surface area contributed by atoms with Crippen molar-refractivity contribution in [1.82, 2.24) is 4.98 Å². The second-order valence-corrected chi connectivity index (χ2v) is 3.82. The molecule has 0 fully saturated rings. The van der Waals surface area contributed by atoms with Crippen molar-refractivity contribution in [2.75, 3.05) is 0 Å². The van der Waals surface area contributed by atoms with E-state index in [9.17, 15) is 0 Å². The quantitative estimate of drug-likeness (QED) is 0.748. The van der Waals surface area contributed by atoms with E-state index in [0.29, 0.717) is 10.6 Å². The average molecular weight is 229 g/mol. The van der Waals surface area contributed by atoms with Crippen LogP contribution in [0.2, 0.25) is 5.02 Å². The van der Waals surface area contributed by atoms with Crippen molar-refractivity contribution >= 4 is 11.6 Å². The van der Waals surface area contributed by atoms with Gasteiger partial charge in [-0.25, -0.2) is 0 Å². The van der Waals surface area contributed by atoms with Gasteiger partial charge >= 0.3 is 0 Å². The Labute approximate surface area is 99.1 Å². The third kappa shape index (κ3) is 1.78. The number of nitrogens with zero attached hydrogens (tertiary/aromatic N) is 2. The Bertz CT molecular complexity index is 570. The van der Waals surface area contributed by atoms with Crippen molar-refractivity contribution in [3.63, 3.8) is 0 Å². The summed E-state index contributed by atoms with van der Waals surface area (Å²) >= 11 is 6.11. The standard InChI is InChI=1S/C13H9ClN2/c1-9-12(8-15)10(6-7-16-9)11-4-2-3-5-13(11)14/h2-7H,1H3. The van der Waals surface area contributed by atoms with Gasteiger partial charge in [0.25, 0.3) is 0 Å². The lowest BCUT2D eigenvalue weighted by atomic mass is 10.0. The van der Waals surface area contributed by atoms with E-state index < -0.39 is 0 Å². The third-order valence-corrected chi connectivity index (χ3v) is 2.75. The average Bonchev–Trinajstić information content (AvgIpc) is 2.29. The van der Waals surface area contributed by atoms with Crippen molar-refractivity contribution in [3.8, 4) is 17.2 Å². The van der Waals surface area contributed by atoms with Gasteiger partial charge in [0.05, 0.1) is 11.3 Å². The van der Waals surface area contributed by atoms with Crippen LogP contribution in [0.25, 0.3) is 11.1 Å². The lowest BCUT2D eigenvalue weighted by Gasteiger charge is -2.07. The molecule has 2 nitrogen and oxygen atoms in total. The van der Waals surface area contributed by atoms with E-state index in [4.69, 9.17) is 16.9 Å². The number of benzene rings is 1. The minimum Gasteiger partial charge on any atom is -0.260 e. The van der Waals surface area contributed by atoms with Crippen LogP contribution in [-0.4, -0.2) is 4.98 Å². The minimum atomic E-state index is 0.579. The first-order chi connectivity index (χ1) is 7.74. The van der Waals surface area contributed by atoms with Crippen LogP contribution in [0.3, 0.4) is 0 Å². The van der Waals surface area contributed by atoms with Gasteiger partial charge in [0.2, 0.25) is 0 Å². The molecule has 3 heteroatoms. The highest BCUT2D eigenvalue weighted by Crippen LogP contribution is 2.30. The number of hydrogen-bond acceptors (Lipinski definition) is 2. The Kier molecular flexibility index (Phi) is 2.89. The van der Waals surface area contributed by atoms with E-state index in [2.05, 4.69) is 11.1 Å².